The van der Waals surface area contributed by atoms with Crippen LogP contribution in [0.2, 0.25) is 0 Å². The Bertz CT molecular complexity index is 357. The SMILES string of the molecule is CCC1(CC)C=[C]c2ccccc21.[Cl][Zr][Cl]. The molecule has 1 aliphatic rings. The van der Waals surface area contributed by atoms with Crippen molar-refractivity contribution in [1.29, 1.82) is 0 Å². The second-order valence-corrected chi connectivity index (χ2v) is 7.50. The van der Waals surface area contributed by atoms with E-state index in [-0.39, 0.29) is 5.41 Å². The molecule has 0 saturated heterocycles. The van der Waals surface area contributed by atoms with Crippen LogP contribution in [0, 0.1) is 6.08 Å². The van der Waals surface area contributed by atoms with Crippen molar-refractivity contribution >= 4 is 17.0 Å². The van der Waals surface area contributed by atoms with Gasteiger partial charge in [-0.2, -0.15) is 0 Å². The first-order valence-electron chi connectivity index (χ1n) is 5.40. The average molecular weight is 333 g/mol. The summed E-state index contributed by atoms with van der Waals surface area (Å²) in [4.78, 5) is 0. The molecule has 85 valence electrons. The minimum atomic E-state index is -0.826. The molecule has 0 amide bonds. The number of allylic oxidation sites excluding steroid dienone is 1. The van der Waals surface area contributed by atoms with Crippen molar-refractivity contribution in [3.8, 4) is 0 Å². The zero-order valence-electron chi connectivity index (χ0n) is 9.56. The average Bonchev–Trinajstić information content (AvgIpc) is 2.70. The van der Waals surface area contributed by atoms with Crippen molar-refractivity contribution in [1.82, 2.24) is 0 Å². The van der Waals surface area contributed by atoms with Crippen molar-refractivity contribution in [3.05, 3.63) is 47.5 Å². The van der Waals surface area contributed by atoms with Crippen LogP contribution < -0.4 is 0 Å². The monoisotopic (exact) mass is 331 g/mol. The van der Waals surface area contributed by atoms with E-state index in [0.717, 1.165) is 0 Å². The van der Waals surface area contributed by atoms with Crippen molar-refractivity contribution < 1.29 is 20.8 Å². The van der Waals surface area contributed by atoms with E-state index in [0.29, 0.717) is 0 Å². The molecule has 0 unspecified atom stereocenters. The van der Waals surface area contributed by atoms with Gasteiger partial charge in [0.25, 0.3) is 0 Å². The van der Waals surface area contributed by atoms with Crippen LogP contribution >= 0.6 is 17.0 Å². The topological polar surface area (TPSA) is 0 Å². The van der Waals surface area contributed by atoms with Crippen LogP contribution in [-0.2, 0) is 26.3 Å². The zero-order valence-corrected chi connectivity index (χ0v) is 13.5. The molecule has 0 aliphatic heterocycles. The van der Waals surface area contributed by atoms with Gasteiger partial charge < -0.3 is 0 Å². The normalized spacial score (nSPS) is 15.0. The Morgan fingerprint density at radius 3 is 2.31 bits per heavy atom. The molecule has 16 heavy (non-hydrogen) atoms. The predicted molar refractivity (Wildman–Crippen MR) is 67.3 cm³/mol. The molecule has 0 heterocycles. The van der Waals surface area contributed by atoms with Crippen molar-refractivity contribution in [3.63, 3.8) is 0 Å². The van der Waals surface area contributed by atoms with Gasteiger partial charge in [0.2, 0.25) is 0 Å². The molecule has 0 spiro atoms. The molecule has 0 nitrogen and oxygen atoms in total. The first-order valence-corrected chi connectivity index (χ1v) is 11.7. The Balaban J connectivity index is 0.000000386. The van der Waals surface area contributed by atoms with E-state index in [2.05, 4.69) is 50.3 Å². The molecule has 2 rings (SSSR count). The van der Waals surface area contributed by atoms with Crippen molar-refractivity contribution in [2.24, 2.45) is 0 Å². The summed E-state index contributed by atoms with van der Waals surface area (Å²) in [7, 11) is 9.87. The third-order valence-corrected chi connectivity index (χ3v) is 3.23. The Kier molecular flexibility index (Phi) is 6.33. The van der Waals surface area contributed by atoms with Crippen LogP contribution in [0.4, 0.5) is 0 Å². The fraction of sp³-hybridized carbons (Fsp3) is 0.385. The molecule has 0 saturated carbocycles. The fourth-order valence-corrected chi connectivity index (χ4v) is 2.17. The first-order chi connectivity index (χ1) is 7.74. The molecule has 0 aromatic heterocycles. The molecule has 1 radical (unpaired) electrons. The maximum atomic E-state index is 4.93. The Morgan fingerprint density at radius 1 is 1.19 bits per heavy atom. The summed E-state index contributed by atoms with van der Waals surface area (Å²) in [5.74, 6) is 0. The Morgan fingerprint density at radius 2 is 1.75 bits per heavy atom. The number of fused-ring (bicyclic) bond motifs is 1. The van der Waals surface area contributed by atoms with Gasteiger partial charge in [-0.1, -0.05) is 44.2 Å². The van der Waals surface area contributed by atoms with E-state index in [1.165, 1.54) is 24.0 Å². The van der Waals surface area contributed by atoms with E-state index >= 15 is 0 Å². The third kappa shape index (κ3) is 3.00. The molecule has 3 heteroatoms. The zero-order chi connectivity index (χ0) is 12.0. The molecule has 1 aliphatic carbocycles. The van der Waals surface area contributed by atoms with Crippen LogP contribution in [-0.4, -0.2) is 0 Å². The van der Waals surface area contributed by atoms with Crippen LogP contribution in [0.1, 0.15) is 37.8 Å². The van der Waals surface area contributed by atoms with E-state index in [4.69, 9.17) is 17.0 Å². The predicted octanol–water partition coefficient (Wildman–Crippen LogP) is 4.84. The van der Waals surface area contributed by atoms with Crippen LogP contribution in [0.3, 0.4) is 0 Å². The summed E-state index contributed by atoms with van der Waals surface area (Å²) >= 11 is -0.826. The first kappa shape index (κ1) is 14.5. The van der Waals surface area contributed by atoms with Gasteiger partial charge >= 0.3 is 37.9 Å². The van der Waals surface area contributed by atoms with Crippen molar-refractivity contribution in [2.75, 3.05) is 0 Å². The second-order valence-electron chi connectivity index (χ2n) is 3.77. The number of hydrogen-bond acceptors (Lipinski definition) is 0. The van der Waals surface area contributed by atoms with E-state index in [1.54, 1.807) is 0 Å². The number of benzene rings is 1. The molecular formula is C13H15Cl2Zr. The fourth-order valence-electron chi connectivity index (χ4n) is 2.17. The van der Waals surface area contributed by atoms with Crippen LogP contribution in [0.15, 0.2) is 30.3 Å². The number of halogens is 2. The van der Waals surface area contributed by atoms with Gasteiger partial charge in [0.05, 0.1) is 0 Å². The van der Waals surface area contributed by atoms with Gasteiger partial charge in [0.15, 0.2) is 0 Å². The summed E-state index contributed by atoms with van der Waals surface area (Å²) in [6.07, 6.45) is 7.96. The van der Waals surface area contributed by atoms with E-state index in [9.17, 15) is 0 Å². The molecular weight excluding hydrogens is 318 g/mol. The quantitative estimate of drug-likeness (QED) is 0.726. The molecule has 0 bridgehead atoms. The third-order valence-electron chi connectivity index (χ3n) is 3.23. The summed E-state index contributed by atoms with van der Waals surface area (Å²) in [6.45, 7) is 4.51. The van der Waals surface area contributed by atoms with Gasteiger partial charge in [-0.15, -0.1) is 0 Å². The Hall–Kier alpha value is 0.423. The van der Waals surface area contributed by atoms with Gasteiger partial charge in [-0.3, -0.25) is 0 Å². The molecule has 0 atom stereocenters. The van der Waals surface area contributed by atoms with Crippen molar-refractivity contribution in [2.45, 2.75) is 32.1 Å². The van der Waals surface area contributed by atoms with E-state index in [1.807, 2.05) is 0 Å². The molecule has 1 aromatic carbocycles. The van der Waals surface area contributed by atoms with Gasteiger partial charge in [-0.05, 0) is 30.0 Å². The second kappa shape index (κ2) is 6.99. The summed E-state index contributed by atoms with van der Waals surface area (Å²) in [5.41, 5.74) is 3.02. The van der Waals surface area contributed by atoms with Crippen LogP contribution in [0.5, 0.6) is 0 Å². The van der Waals surface area contributed by atoms with E-state index < -0.39 is 20.8 Å². The molecule has 0 N–H and O–H groups in total. The molecule has 1 aromatic rings. The number of hydrogen-bond donors (Lipinski definition) is 0. The summed E-state index contributed by atoms with van der Waals surface area (Å²) in [5, 5.41) is 0. The number of rotatable bonds is 2. The van der Waals surface area contributed by atoms with Gasteiger partial charge in [-0.25, -0.2) is 0 Å². The minimum absolute atomic E-state index is 0.274. The summed E-state index contributed by atoms with van der Waals surface area (Å²) in [6, 6.07) is 8.60. The van der Waals surface area contributed by atoms with Gasteiger partial charge in [0.1, 0.15) is 0 Å². The van der Waals surface area contributed by atoms with Crippen LogP contribution in [0.25, 0.3) is 0 Å². The Labute approximate surface area is 117 Å². The maximum absolute atomic E-state index is 4.93. The van der Waals surface area contributed by atoms with Gasteiger partial charge in [0, 0.05) is 5.41 Å². The standard InChI is InChI=1S/C13H15.2ClH.Zr/c1-3-13(4-2)10-9-11-7-5-6-8-12(11)13;;;/h5-8,10H,3-4H2,1-2H3;2*1H;/q;;;+2/p-2. The molecule has 0 fully saturated rings. The summed E-state index contributed by atoms with van der Waals surface area (Å²) < 4.78 is 0.